The second-order valence-electron chi connectivity index (χ2n) is 3.07. The number of piperazine rings is 1. The molecule has 1 fully saturated rings. The molecule has 2 nitrogen and oxygen atoms in total. The van der Waals surface area contributed by atoms with Gasteiger partial charge in [0.1, 0.15) is 0 Å². The molecule has 1 aliphatic rings. The van der Waals surface area contributed by atoms with Gasteiger partial charge in [0.15, 0.2) is 0 Å². The summed E-state index contributed by atoms with van der Waals surface area (Å²) < 4.78 is 0. The van der Waals surface area contributed by atoms with Crippen LogP contribution in [0.3, 0.4) is 0 Å². The van der Waals surface area contributed by atoms with Gasteiger partial charge in [-0.15, -0.1) is 0 Å². The molecule has 0 atom stereocenters. The van der Waals surface area contributed by atoms with Gasteiger partial charge in [-0.25, -0.2) is 0 Å². The average Bonchev–Trinajstić information content (AvgIpc) is 2.45. The fraction of sp³-hybridized carbons (Fsp3) is 0.571. The molecule has 0 saturated carbocycles. The smallest absolute Gasteiger partial charge is 0.0606 e. The maximum absolute atomic E-state index is 4.50. The third-order valence-electron chi connectivity index (χ3n) is 2.24. The highest BCUT2D eigenvalue weighted by Crippen LogP contribution is 2.12. The Labute approximate surface area is 109 Å². The van der Waals surface area contributed by atoms with Crippen molar-refractivity contribution in [2.45, 2.75) is 28.1 Å². The summed E-state index contributed by atoms with van der Waals surface area (Å²) in [5.74, 6) is 0. The zero-order valence-corrected chi connectivity index (χ0v) is 10.7. The minimum absolute atomic E-state index is 0. The van der Waals surface area contributed by atoms with E-state index in [0.29, 0.717) is 0 Å². The highest BCUT2D eigenvalue weighted by molar-refractivity contribution is 6.05. The maximum Gasteiger partial charge on any atom is 0.0606 e. The fourth-order valence-electron chi connectivity index (χ4n) is 1.56. The number of benzene rings is 1. The Morgan fingerprint density at radius 3 is 1.94 bits per heavy atom. The third-order valence-corrected chi connectivity index (χ3v) is 2.24. The van der Waals surface area contributed by atoms with Gasteiger partial charge in [0, 0.05) is 31.9 Å². The number of hydrogen-bond acceptors (Lipinski definition) is 2. The molecule has 0 aliphatic carbocycles. The highest BCUT2D eigenvalue weighted by atomic mass is 15.2. The van der Waals surface area contributed by atoms with Crippen LogP contribution in [0, 0.1) is 0 Å². The summed E-state index contributed by atoms with van der Waals surface area (Å²) in [6, 6.07) is 10.6. The number of nitrogens with zero attached hydrogens (tertiary/aromatic N) is 1. The summed E-state index contributed by atoms with van der Waals surface area (Å²) in [5, 5.41) is 3.34. The summed E-state index contributed by atoms with van der Waals surface area (Å²) in [7, 11) is 4.50. The van der Waals surface area contributed by atoms with Gasteiger partial charge < -0.3 is 10.2 Å². The number of rotatable bonds is 1. The molecule has 1 heterocycles. The van der Waals surface area contributed by atoms with Gasteiger partial charge >= 0.3 is 0 Å². The van der Waals surface area contributed by atoms with Crippen LogP contribution in [0.25, 0.3) is 0 Å². The quantitative estimate of drug-likeness (QED) is 0.751. The SMILES string of the molecule is C.CC.[B]C.c1ccc(N2CCNCC2)cc1. The molecule has 2 rings (SSSR count). The van der Waals surface area contributed by atoms with E-state index in [0.717, 1.165) is 26.2 Å². The van der Waals surface area contributed by atoms with Crippen LogP contribution in [0.5, 0.6) is 0 Å². The number of para-hydroxylation sites is 1. The molecule has 0 spiro atoms. The predicted octanol–water partition coefficient (Wildman–Crippen LogP) is 2.96. The molecule has 0 unspecified atom stereocenters. The Kier molecular flexibility index (Phi) is 14.2. The van der Waals surface area contributed by atoms with Crippen molar-refractivity contribution in [2.24, 2.45) is 0 Å². The summed E-state index contributed by atoms with van der Waals surface area (Å²) in [6.45, 7) is 9.97. The van der Waals surface area contributed by atoms with Gasteiger partial charge in [0.2, 0.25) is 0 Å². The molecule has 96 valence electrons. The van der Waals surface area contributed by atoms with Crippen molar-refractivity contribution >= 4 is 13.5 Å². The minimum atomic E-state index is 0. The summed E-state index contributed by atoms with van der Waals surface area (Å²) >= 11 is 0. The summed E-state index contributed by atoms with van der Waals surface area (Å²) in [6.07, 6.45) is 0. The van der Waals surface area contributed by atoms with Crippen LogP contribution in [0.15, 0.2) is 30.3 Å². The molecule has 0 bridgehead atoms. The van der Waals surface area contributed by atoms with Crippen LogP contribution in [0.4, 0.5) is 5.69 Å². The van der Waals surface area contributed by atoms with Crippen molar-refractivity contribution in [3.63, 3.8) is 0 Å². The lowest BCUT2D eigenvalue weighted by Crippen LogP contribution is -2.43. The van der Waals surface area contributed by atoms with Crippen molar-refractivity contribution in [3.05, 3.63) is 30.3 Å². The van der Waals surface area contributed by atoms with Crippen LogP contribution in [-0.4, -0.2) is 34.0 Å². The molecule has 1 aromatic rings. The first kappa shape index (κ1) is 18.4. The second kappa shape index (κ2) is 13.1. The van der Waals surface area contributed by atoms with Gasteiger partial charge in [-0.3, -0.25) is 0 Å². The lowest BCUT2D eigenvalue weighted by atomic mass is 10.2. The molecule has 0 aromatic heterocycles. The maximum atomic E-state index is 4.50. The Balaban J connectivity index is 0. The lowest BCUT2D eigenvalue weighted by molar-refractivity contribution is 0.589. The van der Waals surface area contributed by atoms with Gasteiger partial charge in [0.05, 0.1) is 7.85 Å². The number of nitrogens with one attached hydrogen (secondary N) is 1. The largest absolute Gasteiger partial charge is 0.369 e. The molecule has 1 N–H and O–H groups in total. The Hall–Kier alpha value is -0.955. The molecule has 1 aliphatic heterocycles. The highest BCUT2D eigenvalue weighted by Gasteiger charge is 2.08. The molecule has 2 radical (unpaired) electrons. The van der Waals surface area contributed by atoms with E-state index in [4.69, 9.17) is 0 Å². The van der Waals surface area contributed by atoms with Crippen molar-refractivity contribution in [2.75, 3.05) is 31.1 Å². The number of hydrogen-bond donors (Lipinski definition) is 1. The first-order valence-electron chi connectivity index (χ1n) is 6.05. The molecule has 17 heavy (non-hydrogen) atoms. The second-order valence-corrected chi connectivity index (χ2v) is 3.07. The minimum Gasteiger partial charge on any atom is -0.369 e. The fourth-order valence-corrected chi connectivity index (χ4v) is 1.56. The Morgan fingerprint density at radius 1 is 1.00 bits per heavy atom. The summed E-state index contributed by atoms with van der Waals surface area (Å²) in [5.41, 5.74) is 1.35. The first-order chi connectivity index (χ1) is 7.97. The van der Waals surface area contributed by atoms with E-state index >= 15 is 0 Å². The van der Waals surface area contributed by atoms with Crippen molar-refractivity contribution in [3.8, 4) is 0 Å². The van der Waals surface area contributed by atoms with E-state index in [1.807, 2.05) is 13.8 Å². The van der Waals surface area contributed by atoms with Crippen LogP contribution in [-0.2, 0) is 0 Å². The molecule has 3 heteroatoms. The monoisotopic (exact) mass is 234 g/mol. The zero-order chi connectivity index (χ0) is 12.2. The van der Waals surface area contributed by atoms with Crippen LogP contribution in [0.2, 0.25) is 6.82 Å². The molecule has 1 saturated heterocycles. The first-order valence-corrected chi connectivity index (χ1v) is 6.05. The lowest BCUT2D eigenvalue weighted by Gasteiger charge is -2.29. The predicted molar refractivity (Wildman–Crippen MR) is 81.2 cm³/mol. The van der Waals surface area contributed by atoms with E-state index in [1.165, 1.54) is 12.5 Å². The summed E-state index contributed by atoms with van der Waals surface area (Å²) in [4.78, 5) is 2.41. The Morgan fingerprint density at radius 2 is 1.47 bits per heavy atom. The van der Waals surface area contributed by atoms with E-state index in [-0.39, 0.29) is 7.43 Å². The molecular weight excluding hydrogens is 207 g/mol. The van der Waals surface area contributed by atoms with Gasteiger partial charge in [-0.2, -0.15) is 0 Å². The normalized spacial score (nSPS) is 13.2. The van der Waals surface area contributed by atoms with E-state index in [9.17, 15) is 0 Å². The van der Waals surface area contributed by atoms with Crippen molar-refractivity contribution in [1.82, 2.24) is 5.32 Å². The van der Waals surface area contributed by atoms with Crippen molar-refractivity contribution in [1.29, 1.82) is 0 Å². The Bertz CT molecular complexity index is 233. The van der Waals surface area contributed by atoms with Crippen LogP contribution < -0.4 is 10.2 Å². The van der Waals surface area contributed by atoms with Gasteiger partial charge in [-0.1, -0.05) is 46.3 Å². The van der Waals surface area contributed by atoms with E-state index < -0.39 is 0 Å². The van der Waals surface area contributed by atoms with E-state index in [1.54, 1.807) is 0 Å². The third kappa shape index (κ3) is 7.06. The average molecular weight is 234 g/mol. The van der Waals surface area contributed by atoms with Crippen LogP contribution >= 0.6 is 0 Å². The van der Waals surface area contributed by atoms with Crippen LogP contribution in [0.1, 0.15) is 21.3 Å². The topological polar surface area (TPSA) is 15.3 Å². The van der Waals surface area contributed by atoms with Gasteiger partial charge in [0.25, 0.3) is 0 Å². The van der Waals surface area contributed by atoms with Crippen molar-refractivity contribution < 1.29 is 0 Å². The standard InChI is InChI=1S/C10H14N2.C2H6.CH3B.CH4/c1-2-4-10(5-3-1)12-8-6-11-7-9-12;2*1-2;/h1-5,11H,6-9H2;1-2H3;1H3;1H4. The van der Waals surface area contributed by atoms with Gasteiger partial charge in [-0.05, 0) is 12.1 Å². The molecule has 1 aromatic carbocycles. The van der Waals surface area contributed by atoms with E-state index in [2.05, 4.69) is 48.4 Å². The molecule has 0 amide bonds. The number of anilines is 1. The molecular formula is C14H27BN2. The zero-order valence-electron chi connectivity index (χ0n) is 10.7.